The van der Waals surface area contributed by atoms with Crippen LogP contribution in [-0.2, 0) is 0 Å². The monoisotopic (exact) mass is 302 g/mol. The summed E-state index contributed by atoms with van der Waals surface area (Å²) in [6, 6.07) is 0. The molecular formula is C14H27BrN2. The number of alkyl halides is 1. The smallest absolute Gasteiger partial charge is 0.0100 e. The minimum Gasteiger partial charge on any atom is -0.306 e. The molecule has 100 valence electrons. The first-order valence-electron chi connectivity index (χ1n) is 7.07. The first kappa shape index (κ1) is 13.8. The van der Waals surface area contributed by atoms with Crippen LogP contribution in [0.15, 0.2) is 0 Å². The Morgan fingerprint density at radius 2 is 1.94 bits per heavy atom. The Morgan fingerprint density at radius 1 is 1.29 bits per heavy atom. The number of piperidine rings is 1. The second-order valence-electron chi connectivity index (χ2n) is 6.43. The maximum atomic E-state index is 3.71. The van der Waals surface area contributed by atoms with Gasteiger partial charge in [0, 0.05) is 18.4 Å². The number of hydrogen-bond donors (Lipinski definition) is 0. The highest BCUT2D eigenvalue weighted by Gasteiger charge is 2.37. The van der Waals surface area contributed by atoms with Gasteiger partial charge in [-0.05, 0) is 64.2 Å². The second kappa shape index (κ2) is 6.03. The molecule has 0 aromatic heterocycles. The SMILES string of the molecule is CN1CCC(CN(C)CC2(CBr)CCC2)CC1. The van der Waals surface area contributed by atoms with Crippen molar-refractivity contribution in [2.75, 3.05) is 45.6 Å². The van der Waals surface area contributed by atoms with Crippen LogP contribution in [0.2, 0.25) is 0 Å². The van der Waals surface area contributed by atoms with E-state index in [1.54, 1.807) is 0 Å². The number of nitrogens with zero attached hydrogens (tertiary/aromatic N) is 2. The molecule has 3 heteroatoms. The van der Waals surface area contributed by atoms with Crippen LogP contribution in [0.5, 0.6) is 0 Å². The molecule has 0 aromatic rings. The van der Waals surface area contributed by atoms with E-state index in [9.17, 15) is 0 Å². The van der Waals surface area contributed by atoms with Crippen molar-refractivity contribution < 1.29 is 0 Å². The van der Waals surface area contributed by atoms with E-state index in [0.29, 0.717) is 5.41 Å². The minimum atomic E-state index is 0.611. The molecule has 1 aliphatic carbocycles. The zero-order chi connectivity index (χ0) is 12.3. The lowest BCUT2D eigenvalue weighted by atomic mass is 9.70. The molecule has 0 radical (unpaired) electrons. The van der Waals surface area contributed by atoms with Gasteiger partial charge in [-0.25, -0.2) is 0 Å². The highest BCUT2D eigenvalue weighted by molar-refractivity contribution is 9.09. The average molecular weight is 303 g/mol. The zero-order valence-corrected chi connectivity index (χ0v) is 13.0. The van der Waals surface area contributed by atoms with E-state index in [-0.39, 0.29) is 0 Å². The molecule has 1 aliphatic heterocycles. The first-order chi connectivity index (χ1) is 8.13. The van der Waals surface area contributed by atoms with Crippen LogP contribution in [0.1, 0.15) is 32.1 Å². The third-order valence-corrected chi connectivity index (χ3v) is 5.90. The maximum Gasteiger partial charge on any atom is 0.0100 e. The number of rotatable bonds is 5. The molecule has 1 saturated heterocycles. The Kier molecular flexibility index (Phi) is 4.90. The Bertz CT molecular complexity index is 227. The van der Waals surface area contributed by atoms with Crippen LogP contribution in [0.3, 0.4) is 0 Å². The van der Waals surface area contributed by atoms with E-state index < -0.39 is 0 Å². The van der Waals surface area contributed by atoms with Gasteiger partial charge in [0.05, 0.1) is 0 Å². The van der Waals surface area contributed by atoms with Crippen LogP contribution in [0.25, 0.3) is 0 Å². The molecule has 0 unspecified atom stereocenters. The summed E-state index contributed by atoms with van der Waals surface area (Å²) < 4.78 is 0. The topological polar surface area (TPSA) is 6.48 Å². The molecule has 2 nitrogen and oxygen atoms in total. The minimum absolute atomic E-state index is 0.611. The van der Waals surface area contributed by atoms with Crippen molar-refractivity contribution in [3.8, 4) is 0 Å². The molecular weight excluding hydrogens is 276 g/mol. The second-order valence-corrected chi connectivity index (χ2v) is 6.99. The van der Waals surface area contributed by atoms with Gasteiger partial charge >= 0.3 is 0 Å². The van der Waals surface area contributed by atoms with Crippen LogP contribution < -0.4 is 0 Å². The highest BCUT2D eigenvalue weighted by atomic mass is 79.9. The molecule has 0 aromatic carbocycles. The van der Waals surface area contributed by atoms with Gasteiger partial charge in [-0.3, -0.25) is 0 Å². The Balaban J connectivity index is 1.71. The number of halogens is 1. The average Bonchev–Trinajstić information content (AvgIpc) is 2.27. The summed E-state index contributed by atoms with van der Waals surface area (Å²) in [5.74, 6) is 0.934. The lowest BCUT2D eigenvalue weighted by molar-refractivity contribution is 0.0867. The maximum absolute atomic E-state index is 3.71. The lowest BCUT2D eigenvalue weighted by Gasteiger charge is -2.44. The van der Waals surface area contributed by atoms with Crippen LogP contribution >= 0.6 is 15.9 Å². The molecule has 0 spiro atoms. The van der Waals surface area contributed by atoms with Crippen molar-refractivity contribution in [3.63, 3.8) is 0 Å². The fourth-order valence-corrected chi connectivity index (χ4v) is 4.07. The third kappa shape index (κ3) is 3.68. The molecule has 2 aliphatic rings. The third-order valence-electron chi connectivity index (χ3n) is 4.71. The summed E-state index contributed by atoms with van der Waals surface area (Å²) in [6.45, 7) is 5.19. The van der Waals surface area contributed by atoms with E-state index in [2.05, 4.69) is 39.8 Å². The molecule has 0 bridgehead atoms. The summed E-state index contributed by atoms with van der Waals surface area (Å²) in [5.41, 5.74) is 0.611. The summed E-state index contributed by atoms with van der Waals surface area (Å²) >= 11 is 3.71. The summed E-state index contributed by atoms with van der Waals surface area (Å²) in [6.07, 6.45) is 7.07. The normalized spacial score (nSPS) is 26.1. The molecule has 2 rings (SSSR count). The van der Waals surface area contributed by atoms with Crippen LogP contribution in [-0.4, -0.2) is 55.4 Å². The Morgan fingerprint density at radius 3 is 2.41 bits per heavy atom. The number of hydrogen-bond acceptors (Lipinski definition) is 2. The van der Waals surface area contributed by atoms with Crippen molar-refractivity contribution in [2.45, 2.75) is 32.1 Å². The van der Waals surface area contributed by atoms with Crippen molar-refractivity contribution in [1.82, 2.24) is 9.80 Å². The fraction of sp³-hybridized carbons (Fsp3) is 1.00. The van der Waals surface area contributed by atoms with Crippen molar-refractivity contribution in [1.29, 1.82) is 0 Å². The van der Waals surface area contributed by atoms with Gasteiger partial charge in [-0.15, -0.1) is 0 Å². The van der Waals surface area contributed by atoms with Gasteiger partial charge < -0.3 is 9.80 Å². The van der Waals surface area contributed by atoms with Gasteiger partial charge in [0.2, 0.25) is 0 Å². The number of likely N-dealkylation sites (tertiary alicyclic amines) is 1. The molecule has 17 heavy (non-hydrogen) atoms. The van der Waals surface area contributed by atoms with Crippen LogP contribution in [0, 0.1) is 11.3 Å². The van der Waals surface area contributed by atoms with Crippen molar-refractivity contribution in [2.24, 2.45) is 11.3 Å². The quantitative estimate of drug-likeness (QED) is 0.721. The molecule has 1 saturated carbocycles. The highest BCUT2D eigenvalue weighted by Crippen LogP contribution is 2.42. The molecule has 2 fully saturated rings. The zero-order valence-electron chi connectivity index (χ0n) is 11.4. The Labute approximate surface area is 115 Å². The predicted octanol–water partition coefficient (Wildman–Crippen LogP) is 2.83. The van der Waals surface area contributed by atoms with E-state index in [0.717, 1.165) is 5.92 Å². The standard InChI is InChI=1S/C14H27BrN2/c1-16-8-4-13(5-9-16)10-17(2)12-14(11-15)6-3-7-14/h13H,3-12H2,1-2H3. The van der Waals surface area contributed by atoms with Crippen molar-refractivity contribution >= 4 is 15.9 Å². The molecule has 1 heterocycles. The van der Waals surface area contributed by atoms with E-state index in [1.165, 1.54) is 63.6 Å². The van der Waals surface area contributed by atoms with Gasteiger partial charge in [-0.1, -0.05) is 22.4 Å². The van der Waals surface area contributed by atoms with Gasteiger partial charge in [0.25, 0.3) is 0 Å². The van der Waals surface area contributed by atoms with E-state index in [1.807, 2.05) is 0 Å². The summed E-state index contributed by atoms with van der Waals surface area (Å²) in [4.78, 5) is 5.05. The fourth-order valence-electron chi connectivity index (χ4n) is 3.33. The molecule has 0 amide bonds. The van der Waals surface area contributed by atoms with Gasteiger partial charge in [-0.2, -0.15) is 0 Å². The van der Waals surface area contributed by atoms with Gasteiger partial charge in [0.1, 0.15) is 0 Å². The van der Waals surface area contributed by atoms with E-state index >= 15 is 0 Å². The largest absolute Gasteiger partial charge is 0.306 e. The molecule has 0 N–H and O–H groups in total. The van der Waals surface area contributed by atoms with E-state index in [4.69, 9.17) is 0 Å². The summed E-state index contributed by atoms with van der Waals surface area (Å²) in [5, 5.41) is 1.19. The molecule has 0 atom stereocenters. The first-order valence-corrected chi connectivity index (χ1v) is 8.19. The lowest BCUT2D eigenvalue weighted by Crippen LogP contribution is -2.44. The summed E-state index contributed by atoms with van der Waals surface area (Å²) in [7, 11) is 4.56. The van der Waals surface area contributed by atoms with Crippen molar-refractivity contribution in [3.05, 3.63) is 0 Å². The predicted molar refractivity (Wildman–Crippen MR) is 77.8 cm³/mol. The van der Waals surface area contributed by atoms with Crippen LogP contribution in [0.4, 0.5) is 0 Å². The Hall–Kier alpha value is 0.400. The van der Waals surface area contributed by atoms with Gasteiger partial charge in [0.15, 0.2) is 0 Å².